The Morgan fingerprint density at radius 1 is 1.14 bits per heavy atom. The van der Waals surface area contributed by atoms with Gasteiger partial charge in [0.2, 0.25) is 0 Å². The molecule has 84 valence electrons. The van der Waals surface area contributed by atoms with Crippen LogP contribution in [-0.4, -0.2) is 46.0 Å². The maximum absolute atomic E-state index is 5.47. The fourth-order valence-electron chi connectivity index (χ4n) is 1.28. The molecule has 0 bridgehead atoms. The topological polar surface area (TPSA) is 12.2 Å². The molecule has 0 saturated carbocycles. The molecule has 0 aromatic heterocycles. The Kier molecular flexibility index (Phi) is 7.45. The first kappa shape index (κ1) is 15.3. The summed E-state index contributed by atoms with van der Waals surface area (Å²) in [6.07, 6.45) is 0.706. The highest BCUT2D eigenvalue weighted by molar-refractivity contribution is 7.81. The lowest BCUT2D eigenvalue weighted by atomic mass is 10.3. The fourth-order valence-corrected chi connectivity index (χ4v) is 1.28. The largest absolute Gasteiger partial charge is 0.564 e. The van der Waals surface area contributed by atoms with Crippen LogP contribution in [0.2, 0.25) is 0 Å². The van der Waals surface area contributed by atoms with E-state index in [4.69, 9.17) is 44.9 Å². The molecule has 14 heavy (non-hydrogen) atoms. The number of rotatable bonds is 0. The highest BCUT2D eigenvalue weighted by Gasteiger charge is 2.22. The third-order valence-corrected chi connectivity index (χ3v) is 1.50. The van der Waals surface area contributed by atoms with Gasteiger partial charge in [-0.3, -0.25) is 0 Å². The number of morpholine rings is 1. The van der Waals surface area contributed by atoms with Crippen molar-refractivity contribution in [1.82, 2.24) is 0 Å². The molecule has 0 unspecified atom stereocenters. The molecule has 2 nitrogen and oxygen atoms in total. The SMILES string of the molecule is C=[N+]1C[C@@H](C)O[C@@H](C)C1.[Cl][Al-]([Cl])([Cl])[Cl]. The summed E-state index contributed by atoms with van der Waals surface area (Å²) in [5.74, 6) is 0. The lowest BCUT2D eigenvalue weighted by molar-refractivity contribution is -0.559. The molecule has 0 amide bonds. The van der Waals surface area contributed by atoms with Crippen molar-refractivity contribution in [3.8, 4) is 0 Å². The molecule has 1 heterocycles. The van der Waals surface area contributed by atoms with Crippen LogP contribution in [0, 0.1) is 0 Å². The zero-order valence-corrected chi connectivity index (χ0v) is 12.4. The van der Waals surface area contributed by atoms with E-state index in [9.17, 15) is 0 Å². The minimum atomic E-state index is -2.94. The predicted octanol–water partition coefficient (Wildman–Crippen LogP) is 2.88. The van der Waals surface area contributed by atoms with Gasteiger partial charge in [-0.15, -0.1) is 0 Å². The molecule has 2 atom stereocenters. The van der Waals surface area contributed by atoms with E-state index in [0.717, 1.165) is 13.1 Å². The van der Waals surface area contributed by atoms with E-state index in [1.54, 1.807) is 0 Å². The van der Waals surface area contributed by atoms with Crippen LogP contribution in [0.5, 0.6) is 0 Å². The van der Waals surface area contributed by atoms with Gasteiger partial charge in [-0.25, -0.2) is 4.58 Å². The normalized spacial score (nSPS) is 28.0. The summed E-state index contributed by atoms with van der Waals surface area (Å²) in [5, 5.41) is 0. The second kappa shape index (κ2) is 6.81. The van der Waals surface area contributed by atoms with Crippen LogP contribution in [0.1, 0.15) is 13.8 Å². The first-order chi connectivity index (χ1) is 6.18. The van der Waals surface area contributed by atoms with Crippen LogP contribution in [0.3, 0.4) is 0 Å². The molecule has 1 saturated heterocycles. The molecule has 0 aromatic rings. The van der Waals surface area contributed by atoms with Crippen molar-refractivity contribution in [1.29, 1.82) is 0 Å². The van der Waals surface area contributed by atoms with Crippen molar-refractivity contribution >= 4 is 56.3 Å². The van der Waals surface area contributed by atoms with Gasteiger partial charge in [0.25, 0.3) is 0 Å². The molecule has 0 spiro atoms. The Hall–Kier alpha value is 1.32. The van der Waals surface area contributed by atoms with Crippen molar-refractivity contribution in [2.75, 3.05) is 13.1 Å². The molecule has 1 rings (SSSR count). The first-order valence-electron chi connectivity index (χ1n) is 4.26. The Bertz CT molecular complexity index is 179. The number of hydrogen-bond acceptors (Lipinski definition) is 1. The van der Waals surface area contributed by atoms with Crippen molar-refractivity contribution in [3.63, 3.8) is 0 Å². The van der Waals surface area contributed by atoms with Crippen molar-refractivity contribution in [3.05, 3.63) is 0 Å². The number of nitrogens with zero attached hydrogens (tertiary/aromatic N) is 1. The van der Waals surface area contributed by atoms with E-state index >= 15 is 0 Å². The summed E-state index contributed by atoms with van der Waals surface area (Å²) in [6.45, 7) is 9.93. The fraction of sp³-hybridized carbons (Fsp3) is 0.857. The summed E-state index contributed by atoms with van der Waals surface area (Å²) in [7, 11) is 17.0. The van der Waals surface area contributed by atoms with Crippen molar-refractivity contribution in [2.24, 2.45) is 0 Å². The van der Waals surface area contributed by atoms with Gasteiger partial charge in [0, 0.05) is 0 Å². The quantitative estimate of drug-likeness (QED) is 0.494. The summed E-state index contributed by atoms with van der Waals surface area (Å²) in [5.41, 5.74) is 0. The monoisotopic (exact) mass is 295 g/mol. The van der Waals surface area contributed by atoms with Gasteiger partial charge in [0.05, 0.1) is 0 Å². The Morgan fingerprint density at radius 2 is 1.43 bits per heavy atom. The second-order valence-corrected chi connectivity index (χ2v) is 16.2. The Morgan fingerprint density at radius 3 is 1.64 bits per heavy atom. The van der Waals surface area contributed by atoms with Crippen molar-refractivity contribution in [2.45, 2.75) is 26.1 Å². The van der Waals surface area contributed by atoms with E-state index in [1.807, 2.05) is 0 Å². The molecule has 0 aliphatic carbocycles. The van der Waals surface area contributed by atoms with Gasteiger partial charge in [-0.05, 0) is 13.8 Å². The minimum absolute atomic E-state index is 0.353. The molecule has 7 heteroatoms. The van der Waals surface area contributed by atoms with Crippen LogP contribution >= 0.6 is 40.2 Å². The van der Waals surface area contributed by atoms with E-state index < -0.39 is 9.39 Å². The average Bonchev–Trinajstić information content (AvgIpc) is 1.77. The molecule has 1 aliphatic heterocycles. The first-order valence-corrected chi connectivity index (χ1v) is 11.2. The van der Waals surface area contributed by atoms with Crippen LogP contribution in [0.4, 0.5) is 0 Å². The predicted molar refractivity (Wildman–Crippen MR) is 66.3 cm³/mol. The molecule has 1 fully saturated rings. The summed E-state index contributed by atoms with van der Waals surface area (Å²) >= 11 is 0. The maximum Gasteiger partial charge on any atom is 0.564 e. The third kappa shape index (κ3) is 11.4. The highest BCUT2D eigenvalue weighted by atomic mass is 35.9. The standard InChI is InChI=1S/C7H14NO.Al.4ClH/c1-6-4-8(3)5-7(2)9-6;;;;;/h6-7H,3-5H2,1-2H3;;4*1H/q+1;+3;;;;/p-4/t6-,7+;;;;;. The van der Waals surface area contributed by atoms with Gasteiger partial charge >= 0.3 is 9.39 Å². The van der Waals surface area contributed by atoms with Crippen molar-refractivity contribution < 1.29 is 9.31 Å². The molecular weight excluding hydrogens is 283 g/mol. The lowest BCUT2D eigenvalue weighted by Gasteiger charge is -2.22. The van der Waals surface area contributed by atoms with Gasteiger partial charge in [-0.2, -0.15) is 0 Å². The zero-order chi connectivity index (χ0) is 11.4. The van der Waals surface area contributed by atoms with Crippen LogP contribution < -0.4 is 0 Å². The Labute approximate surface area is 104 Å². The average molecular weight is 297 g/mol. The second-order valence-electron chi connectivity index (χ2n) is 3.29. The maximum atomic E-state index is 5.47. The number of halogens is 4. The van der Waals surface area contributed by atoms with Gasteiger partial charge in [0.1, 0.15) is 18.9 Å². The number of ether oxygens (including phenoxy) is 1. The molecule has 1 aliphatic rings. The highest BCUT2D eigenvalue weighted by Crippen LogP contribution is 2.23. The summed E-state index contributed by atoms with van der Waals surface area (Å²) < 4.78 is 7.53. The van der Waals surface area contributed by atoms with E-state index in [1.165, 1.54) is 0 Å². The molecular formula is C7H14AlCl4NO. The lowest BCUT2D eigenvalue weighted by Crippen LogP contribution is -2.39. The third-order valence-electron chi connectivity index (χ3n) is 1.50. The Balaban J connectivity index is 0.000000292. The van der Waals surface area contributed by atoms with Gasteiger partial charge < -0.3 is 44.9 Å². The van der Waals surface area contributed by atoms with E-state index in [0.29, 0.717) is 12.2 Å². The van der Waals surface area contributed by atoms with Crippen LogP contribution in [0.25, 0.3) is 0 Å². The van der Waals surface area contributed by atoms with Gasteiger partial charge in [-0.1, -0.05) is 0 Å². The van der Waals surface area contributed by atoms with Gasteiger partial charge in [0.15, 0.2) is 13.1 Å². The summed E-state index contributed by atoms with van der Waals surface area (Å²) in [4.78, 5) is 0. The summed E-state index contributed by atoms with van der Waals surface area (Å²) in [6, 6.07) is 0. The zero-order valence-electron chi connectivity index (χ0n) is 8.22. The van der Waals surface area contributed by atoms with E-state index in [-0.39, 0.29) is 0 Å². The molecule has 0 N–H and O–H groups in total. The van der Waals surface area contributed by atoms with Crippen LogP contribution in [-0.2, 0) is 4.74 Å². The smallest absolute Gasteiger partial charge is 0.391 e. The number of hydrogen-bond donors (Lipinski definition) is 0. The van der Waals surface area contributed by atoms with E-state index in [2.05, 4.69) is 25.1 Å². The minimum Gasteiger partial charge on any atom is -0.391 e. The molecule has 0 radical (unpaired) electrons. The van der Waals surface area contributed by atoms with Crippen LogP contribution in [0.15, 0.2) is 0 Å². The molecule has 0 aromatic carbocycles.